The summed E-state index contributed by atoms with van der Waals surface area (Å²) in [5.41, 5.74) is 0. The monoisotopic (exact) mass is 375 g/mol. The average Bonchev–Trinajstić information content (AvgIpc) is 3.33. The minimum Gasteiger partial charge on any atom is -0.379 e. The van der Waals surface area contributed by atoms with Crippen molar-refractivity contribution < 1.29 is 9.53 Å². The Hall–Kier alpha value is -1.47. The Labute approximate surface area is 162 Å². The Morgan fingerprint density at radius 3 is 2.63 bits per heavy atom. The lowest BCUT2D eigenvalue weighted by Gasteiger charge is -2.33. The van der Waals surface area contributed by atoms with E-state index in [4.69, 9.17) is 4.74 Å². The van der Waals surface area contributed by atoms with Crippen LogP contribution in [0.4, 0.5) is 0 Å². The fourth-order valence-corrected chi connectivity index (χ4v) is 4.83. The van der Waals surface area contributed by atoms with E-state index in [1.807, 2.05) is 0 Å². The SMILES string of the molecule is Cn1c(CN2CCOCC2)nnc1[C@@H]1CCCN(C(=O)CC2CCCC2)C1. The number of hydrogen-bond donors (Lipinski definition) is 0. The van der Waals surface area contributed by atoms with Crippen molar-refractivity contribution in [3.05, 3.63) is 11.6 Å². The Morgan fingerprint density at radius 2 is 1.85 bits per heavy atom. The molecule has 7 nitrogen and oxygen atoms in total. The molecule has 3 aliphatic rings. The van der Waals surface area contributed by atoms with E-state index in [9.17, 15) is 4.79 Å². The Balaban J connectivity index is 1.36. The number of rotatable bonds is 5. The van der Waals surface area contributed by atoms with Crippen LogP contribution in [0.15, 0.2) is 0 Å². The smallest absolute Gasteiger partial charge is 0.222 e. The second-order valence-electron chi connectivity index (χ2n) is 8.46. The fourth-order valence-electron chi connectivity index (χ4n) is 4.83. The molecule has 1 aliphatic carbocycles. The third kappa shape index (κ3) is 4.51. The molecule has 0 bridgehead atoms. The standard InChI is InChI=1S/C20H33N5O2/c1-23-18(15-24-9-11-27-12-10-24)21-22-20(23)17-7-4-8-25(14-17)19(26)13-16-5-2-3-6-16/h16-17H,2-15H2,1H3/t17-/m1/s1. The van der Waals surface area contributed by atoms with Gasteiger partial charge < -0.3 is 14.2 Å². The first-order chi connectivity index (χ1) is 13.2. The molecule has 150 valence electrons. The van der Waals surface area contributed by atoms with Gasteiger partial charge in [-0.2, -0.15) is 0 Å². The molecule has 4 rings (SSSR count). The molecular weight excluding hydrogens is 342 g/mol. The van der Waals surface area contributed by atoms with Gasteiger partial charge in [-0.05, 0) is 31.6 Å². The number of likely N-dealkylation sites (tertiary alicyclic amines) is 1. The van der Waals surface area contributed by atoms with Crippen LogP contribution in [0.3, 0.4) is 0 Å². The van der Waals surface area contributed by atoms with Crippen molar-refractivity contribution in [2.24, 2.45) is 13.0 Å². The molecule has 0 radical (unpaired) electrons. The molecule has 3 heterocycles. The number of morpholine rings is 1. The highest BCUT2D eigenvalue weighted by molar-refractivity contribution is 5.76. The number of amides is 1. The first kappa shape index (κ1) is 18.9. The summed E-state index contributed by atoms with van der Waals surface area (Å²) in [7, 11) is 2.07. The summed E-state index contributed by atoms with van der Waals surface area (Å²) in [6.07, 6.45) is 7.96. The maximum Gasteiger partial charge on any atom is 0.222 e. The zero-order valence-corrected chi connectivity index (χ0v) is 16.6. The van der Waals surface area contributed by atoms with Crippen LogP contribution in [0.25, 0.3) is 0 Å². The highest BCUT2D eigenvalue weighted by atomic mass is 16.5. The van der Waals surface area contributed by atoms with Gasteiger partial charge in [-0.1, -0.05) is 12.8 Å². The normalized spacial score (nSPS) is 25.2. The molecule has 0 spiro atoms. The lowest BCUT2D eigenvalue weighted by atomic mass is 9.95. The topological polar surface area (TPSA) is 63.5 Å². The number of aromatic nitrogens is 3. The zero-order valence-electron chi connectivity index (χ0n) is 16.6. The van der Waals surface area contributed by atoms with Crippen molar-refractivity contribution in [3.8, 4) is 0 Å². The van der Waals surface area contributed by atoms with Crippen LogP contribution in [0, 0.1) is 5.92 Å². The minimum atomic E-state index is 0.308. The third-order valence-corrected chi connectivity index (χ3v) is 6.54. The molecule has 1 atom stereocenters. The summed E-state index contributed by atoms with van der Waals surface area (Å²) in [5, 5.41) is 8.98. The van der Waals surface area contributed by atoms with Crippen molar-refractivity contribution in [1.29, 1.82) is 0 Å². The molecule has 2 aliphatic heterocycles. The van der Waals surface area contributed by atoms with E-state index >= 15 is 0 Å². The van der Waals surface area contributed by atoms with Gasteiger partial charge in [-0.25, -0.2) is 0 Å². The molecule has 0 unspecified atom stereocenters. The molecule has 27 heavy (non-hydrogen) atoms. The quantitative estimate of drug-likeness (QED) is 0.787. The molecule has 7 heteroatoms. The summed E-state index contributed by atoms with van der Waals surface area (Å²) in [6.45, 7) is 6.03. The highest BCUT2D eigenvalue weighted by Gasteiger charge is 2.30. The van der Waals surface area contributed by atoms with Gasteiger partial charge in [-0.15, -0.1) is 10.2 Å². The van der Waals surface area contributed by atoms with E-state index in [-0.39, 0.29) is 0 Å². The number of ether oxygens (including phenoxy) is 1. The van der Waals surface area contributed by atoms with Gasteiger partial charge in [0.25, 0.3) is 0 Å². The van der Waals surface area contributed by atoms with Crippen molar-refractivity contribution in [3.63, 3.8) is 0 Å². The number of piperidine rings is 1. The van der Waals surface area contributed by atoms with Gasteiger partial charge >= 0.3 is 0 Å². The average molecular weight is 376 g/mol. The van der Waals surface area contributed by atoms with Crippen LogP contribution in [-0.2, 0) is 23.1 Å². The van der Waals surface area contributed by atoms with Crippen LogP contribution < -0.4 is 0 Å². The number of carbonyl (C=O) groups is 1. The van der Waals surface area contributed by atoms with E-state index in [1.165, 1.54) is 25.7 Å². The molecule has 1 amide bonds. The van der Waals surface area contributed by atoms with Crippen molar-refractivity contribution >= 4 is 5.91 Å². The fraction of sp³-hybridized carbons (Fsp3) is 0.850. The highest BCUT2D eigenvalue weighted by Crippen LogP contribution is 2.30. The van der Waals surface area contributed by atoms with Gasteiger partial charge in [0.1, 0.15) is 11.6 Å². The van der Waals surface area contributed by atoms with Crippen molar-refractivity contribution in [2.75, 3.05) is 39.4 Å². The van der Waals surface area contributed by atoms with Gasteiger partial charge in [0.15, 0.2) is 0 Å². The molecule has 1 aromatic rings. The van der Waals surface area contributed by atoms with E-state index in [0.29, 0.717) is 17.7 Å². The van der Waals surface area contributed by atoms with Crippen LogP contribution in [0.1, 0.15) is 62.5 Å². The van der Waals surface area contributed by atoms with Crippen LogP contribution >= 0.6 is 0 Å². The molecule has 3 fully saturated rings. The first-order valence-electron chi connectivity index (χ1n) is 10.7. The maximum absolute atomic E-state index is 12.7. The van der Waals surface area contributed by atoms with Gasteiger partial charge in [0, 0.05) is 45.6 Å². The van der Waals surface area contributed by atoms with Gasteiger partial charge in [0.2, 0.25) is 5.91 Å². The molecule has 0 aromatic carbocycles. The lowest BCUT2D eigenvalue weighted by molar-refractivity contribution is -0.133. The van der Waals surface area contributed by atoms with E-state index in [0.717, 1.165) is 76.8 Å². The molecule has 1 aromatic heterocycles. The number of nitrogens with zero attached hydrogens (tertiary/aromatic N) is 5. The van der Waals surface area contributed by atoms with Crippen molar-refractivity contribution in [1.82, 2.24) is 24.6 Å². The first-order valence-corrected chi connectivity index (χ1v) is 10.7. The molecule has 1 saturated carbocycles. The van der Waals surface area contributed by atoms with Crippen LogP contribution in [-0.4, -0.2) is 69.9 Å². The Morgan fingerprint density at radius 1 is 1.07 bits per heavy atom. The largest absolute Gasteiger partial charge is 0.379 e. The summed E-state index contributed by atoms with van der Waals surface area (Å²) in [4.78, 5) is 17.2. The summed E-state index contributed by atoms with van der Waals surface area (Å²) in [6, 6.07) is 0. The van der Waals surface area contributed by atoms with E-state index < -0.39 is 0 Å². The van der Waals surface area contributed by atoms with E-state index in [2.05, 4.69) is 31.6 Å². The van der Waals surface area contributed by atoms with Crippen LogP contribution in [0.5, 0.6) is 0 Å². The predicted molar refractivity (Wildman–Crippen MR) is 102 cm³/mol. The Kier molecular flexibility index (Phi) is 6.08. The van der Waals surface area contributed by atoms with Crippen LogP contribution in [0.2, 0.25) is 0 Å². The number of hydrogen-bond acceptors (Lipinski definition) is 5. The van der Waals surface area contributed by atoms with Crippen molar-refractivity contribution in [2.45, 2.75) is 57.4 Å². The molecule has 2 saturated heterocycles. The second kappa shape index (κ2) is 8.69. The summed E-state index contributed by atoms with van der Waals surface area (Å²) < 4.78 is 7.59. The zero-order chi connectivity index (χ0) is 18.6. The maximum atomic E-state index is 12.7. The summed E-state index contributed by atoms with van der Waals surface area (Å²) in [5.74, 6) is 3.33. The minimum absolute atomic E-state index is 0.308. The van der Waals surface area contributed by atoms with E-state index in [1.54, 1.807) is 0 Å². The Bertz CT molecular complexity index is 634. The third-order valence-electron chi connectivity index (χ3n) is 6.54. The number of carbonyl (C=O) groups excluding carboxylic acids is 1. The summed E-state index contributed by atoms with van der Waals surface area (Å²) >= 11 is 0. The van der Waals surface area contributed by atoms with Gasteiger partial charge in [0.05, 0.1) is 19.8 Å². The van der Waals surface area contributed by atoms with Gasteiger partial charge in [-0.3, -0.25) is 9.69 Å². The lowest BCUT2D eigenvalue weighted by Crippen LogP contribution is -2.40. The second-order valence-corrected chi connectivity index (χ2v) is 8.46. The molecular formula is C20H33N5O2. The molecule has 0 N–H and O–H groups in total. The predicted octanol–water partition coefficient (Wildman–Crippen LogP) is 1.93.